The second kappa shape index (κ2) is 5.74. The molecule has 0 saturated heterocycles. The highest BCUT2D eigenvalue weighted by Gasteiger charge is 2.11. The lowest BCUT2D eigenvalue weighted by Gasteiger charge is -2.14. The van der Waals surface area contributed by atoms with Crippen molar-refractivity contribution >= 4 is 5.69 Å². The minimum Gasteiger partial charge on any atom is -0.496 e. The standard InChI is InChI=1S/C16H20N2O/c1-5-17-13-8-9-18-15(10-13)14-7-6-11(2)12(3)16(14)19-4/h6-10H,5H2,1-4H3,(H,17,18). The molecule has 0 saturated carbocycles. The molecule has 19 heavy (non-hydrogen) atoms. The van der Waals surface area contributed by atoms with Crippen LogP contribution in [0.3, 0.4) is 0 Å². The van der Waals surface area contributed by atoms with Gasteiger partial charge < -0.3 is 10.1 Å². The van der Waals surface area contributed by atoms with Crippen LogP contribution in [0, 0.1) is 13.8 Å². The topological polar surface area (TPSA) is 34.2 Å². The summed E-state index contributed by atoms with van der Waals surface area (Å²) in [5.41, 5.74) is 5.43. The number of methoxy groups -OCH3 is 1. The van der Waals surface area contributed by atoms with E-state index < -0.39 is 0 Å². The van der Waals surface area contributed by atoms with Crippen molar-refractivity contribution in [1.29, 1.82) is 0 Å². The first kappa shape index (κ1) is 13.4. The van der Waals surface area contributed by atoms with Crippen LogP contribution in [0.4, 0.5) is 5.69 Å². The molecule has 0 fully saturated rings. The molecule has 3 nitrogen and oxygen atoms in total. The van der Waals surface area contributed by atoms with Gasteiger partial charge in [0.25, 0.3) is 0 Å². The SMILES string of the molecule is CCNc1ccnc(-c2ccc(C)c(C)c2OC)c1. The van der Waals surface area contributed by atoms with E-state index in [0.717, 1.165) is 34.8 Å². The molecule has 2 aromatic rings. The van der Waals surface area contributed by atoms with Crippen LogP contribution >= 0.6 is 0 Å². The summed E-state index contributed by atoms with van der Waals surface area (Å²) in [6.07, 6.45) is 1.82. The van der Waals surface area contributed by atoms with Crippen molar-refractivity contribution in [2.75, 3.05) is 19.0 Å². The molecule has 1 aromatic heterocycles. The highest BCUT2D eigenvalue weighted by atomic mass is 16.5. The highest BCUT2D eigenvalue weighted by Crippen LogP contribution is 2.34. The molecule has 1 aromatic carbocycles. The number of rotatable bonds is 4. The second-order valence-corrected chi connectivity index (χ2v) is 4.55. The number of ether oxygens (including phenoxy) is 1. The fourth-order valence-corrected chi connectivity index (χ4v) is 2.15. The van der Waals surface area contributed by atoms with E-state index >= 15 is 0 Å². The maximum absolute atomic E-state index is 5.55. The van der Waals surface area contributed by atoms with E-state index in [-0.39, 0.29) is 0 Å². The van der Waals surface area contributed by atoms with E-state index in [1.807, 2.05) is 12.3 Å². The maximum Gasteiger partial charge on any atom is 0.131 e. The molecule has 0 amide bonds. The van der Waals surface area contributed by atoms with Gasteiger partial charge in [-0.3, -0.25) is 4.98 Å². The average molecular weight is 256 g/mol. The first-order valence-corrected chi connectivity index (χ1v) is 6.51. The first-order chi connectivity index (χ1) is 9.17. The molecule has 2 rings (SSSR count). The van der Waals surface area contributed by atoms with Crippen molar-refractivity contribution < 1.29 is 4.74 Å². The number of nitrogens with zero attached hydrogens (tertiary/aromatic N) is 1. The monoisotopic (exact) mass is 256 g/mol. The Morgan fingerprint density at radius 1 is 1.21 bits per heavy atom. The maximum atomic E-state index is 5.55. The third-order valence-corrected chi connectivity index (χ3v) is 3.30. The zero-order valence-corrected chi connectivity index (χ0v) is 11.9. The molecule has 0 radical (unpaired) electrons. The Morgan fingerprint density at radius 2 is 2.00 bits per heavy atom. The van der Waals surface area contributed by atoms with Crippen molar-refractivity contribution in [3.05, 3.63) is 41.6 Å². The molecule has 0 atom stereocenters. The lowest BCUT2D eigenvalue weighted by Crippen LogP contribution is -1.98. The molecule has 1 heterocycles. The molecule has 0 aliphatic rings. The van der Waals surface area contributed by atoms with Crippen molar-refractivity contribution in [2.24, 2.45) is 0 Å². The van der Waals surface area contributed by atoms with Crippen molar-refractivity contribution in [3.8, 4) is 17.0 Å². The Morgan fingerprint density at radius 3 is 2.68 bits per heavy atom. The lowest BCUT2D eigenvalue weighted by atomic mass is 10.0. The summed E-state index contributed by atoms with van der Waals surface area (Å²) in [7, 11) is 1.71. The van der Waals surface area contributed by atoms with Crippen LogP contribution in [-0.4, -0.2) is 18.6 Å². The Labute approximate surface area is 114 Å². The zero-order valence-electron chi connectivity index (χ0n) is 11.9. The predicted octanol–water partition coefficient (Wildman–Crippen LogP) is 3.81. The molecular weight excluding hydrogens is 236 g/mol. The smallest absolute Gasteiger partial charge is 0.131 e. The number of hydrogen-bond acceptors (Lipinski definition) is 3. The van der Waals surface area contributed by atoms with Crippen molar-refractivity contribution in [1.82, 2.24) is 4.98 Å². The number of anilines is 1. The van der Waals surface area contributed by atoms with Crippen LogP contribution in [0.25, 0.3) is 11.3 Å². The number of nitrogens with one attached hydrogen (secondary N) is 1. The summed E-state index contributed by atoms with van der Waals surface area (Å²) >= 11 is 0. The van der Waals surface area contributed by atoms with E-state index in [9.17, 15) is 0 Å². The van der Waals surface area contributed by atoms with E-state index in [1.54, 1.807) is 7.11 Å². The lowest BCUT2D eigenvalue weighted by molar-refractivity contribution is 0.413. The molecule has 0 bridgehead atoms. The molecule has 0 aliphatic carbocycles. The van der Waals surface area contributed by atoms with Gasteiger partial charge in [0.1, 0.15) is 5.75 Å². The van der Waals surface area contributed by atoms with Crippen LogP contribution in [0.5, 0.6) is 5.75 Å². The normalized spacial score (nSPS) is 10.3. The van der Waals surface area contributed by atoms with E-state index in [1.165, 1.54) is 5.56 Å². The van der Waals surface area contributed by atoms with Gasteiger partial charge in [0.05, 0.1) is 12.8 Å². The van der Waals surface area contributed by atoms with Gasteiger partial charge in [0.2, 0.25) is 0 Å². The largest absolute Gasteiger partial charge is 0.496 e. The minimum atomic E-state index is 0.896. The fourth-order valence-electron chi connectivity index (χ4n) is 2.15. The minimum absolute atomic E-state index is 0.896. The van der Waals surface area contributed by atoms with E-state index in [2.05, 4.69) is 49.3 Å². The number of aryl methyl sites for hydroxylation is 1. The van der Waals surface area contributed by atoms with Crippen LogP contribution in [0.2, 0.25) is 0 Å². The Kier molecular flexibility index (Phi) is 4.05. The third-order valence-electron chi connectivity index (χ3n) is 3.30. The molecule has 0 aliphatic heterocycles. The predicted molar refractivity (Wildman–Crippen MR) is 79.9 cm³/mol. The Balaban J connectivity index is 2.52. The molecule has 3 heteroatoms. The molecule has 100 valence electrons. The molecule has 0 spiro atoms. The van der Waals surface area contributed by atoms with Gasteiger partial charge in [0, 0.05) is 24.0 Å². The van der Waals surface area contributed by atoms with Crippen LogP contribution in [-0.2, 0) is 0 Å². The summed E-state index contributed by atoms with van der Waals surface area (Å²) in [5, 5.41) is 3.30. The first-order valence-electron chi connectivity index (χ1n) is 6.51. The zero-order chi connectivity index (χ0) is 13.8. The Bertz CT molecular complexity index is 579. The number of pyridine rings is 1. The number of hydrogen-bond donors (Lipinski definition) is 1. The van der Waals surface area contributed by atoms with Gasteiger partial charge in [-0.25, -0.2) is 0 Å². The molecular formula is C16H20N2O. The molecule has 1 N–H and O–H groups in total. The van der Waals surface area contributed by atoms with Gasteiger partial charge in [0.15, 0.2) is 0 Å². The van der Waals surface area contributed by atoms with Crippen molar-refractivity contribution in [3.63, 3.8) is 0 Å². The quantitative estimate of drug-likeness (QED) is 0.903. The average Bonchev–Trinajstić information content (AvgIpc) is 2.42. The number of benzene rings is 1. The van der Waals surface area contributed by atoms with Crippen LogP contribution in [0.15, 0.2) is 30.5 Å². The summed E-state index contributed by atoms with van der Waals surface area (Å²) in [6, 6.07) is 8.20. The highest BCUT2D eigenvalue weighted by molar-refractivity contribution is 5.72. The Hall–Kier alpha value is -2.03. The molecule has 0 unspecified atom stereocenters. The van der Waals surface area contributed by atoms with Gasteiger partial charge in [-0.05, 0) is 50.1 Å². The summed E-state index contributed by atoms with van der Waals surface area (Å²) in [6.45, 7) is 7.14. The summed E-state index contributed by atoms with van der Waals surface area (Å²) in [5.74, 6) is 0.904. The van der Waals surface area contributed by atoms with Gasteiger partial charge in [-0.15, -0.1) is 0 Å². The summed E-state index contributed by atoms with van der Waals surface area (Å²) < 4.78 is 5.55. The second-order valence-electron chi connectivity index (χ2n) is 4.55. The summed E-state index contributed by atoms with van der Waals surface area (Å²) in [4.78, 5) is 4.45. The fraction of sp³-hybridized carbons (Fsp3) is 0.312. The van der Waals surface area contributed by atoms with Gasteiger partial charge in [-0.2, -0.15) is 0 Å². The number of aromatic nitrogens is 1. The van der Waals surface area contributed by atoms with E-state index in [4.69, 9.17) is 4.74 Å². The van der Waals surface area contributed by atoms with Gasteiger partial charge >= 0.3 is 0 Å². The van der Waals surface area contributed by atoms with Gasteiger partial charge in [-0.1, -0.05) is 6.07 Å². The van der Waals surface area contributed by atoms with Crippen LogP contribution in [0.1, 0.15) is 18.1 Å². The van der Waals surface area contributed by atoms with E-state index in [0.29, 0.717) is 0 Å². The van der Waals surface area contributed by atoms with Crippen LogP contribution < -0.4 is 10.1 Å². The van der Waals surface area contributed by atoms with Crippen molar-refractivity contribution in [2.45, 2.75) is 20.8 Å². The third kappa shape index (κ3) is 2.70.